The molecular formula is C18H20N4O3S. The van der Waals surface area contributed by atoms with Crippen molar-refractivity contribution < 1.29 is 13.2 Å². The second-order valence-corrected chi connectivity index (χ2v) is 7.41. The van der Waals surface area contributed by atoms with Gasteiger partial charge in [-0.05, 0) is 49.7 Å². The van der Waals surface area contributed by atoms with Crippen LogP contribution in [0.25, 0.3) is 11.4 Å². The number of hydrogen-bond donors (Lipinski definition) is 1. The van der Waals surface area contributed by atoms with Crippen molar-refractivity contribution >= 4 is 15.7 Å². The first-order valence-corrected chi connectivity index (χ1v) is 9.58. The normalized spacial score (nSPS) is 11.3. The lowest BCUT2D eigenvalue weighted by atomic mass is 10.2. The second kappa shape index (κ2) is 7.17. The number of nitrogens with one attached hydrogen (secondary N) is 1. The Morgan fingerprint density at radius 3 is 2.69 bits per heavy atom. The fraction of sp³-hybridized carbons (Fsp3) is 0.222. The summed E-state index contributed by atoms with van der Waals surface area (Å²) >= 11 is 0. The van der Waals surface area contributed by atoms with Gasteiger partial charge in [-0.25, -0.2) is 8.42 Å². The van der Waals surface area contributed by atoms with Gasteiger partial charge in [0, 0.05) is 17.8 Å². The molecule has 1 heterocycles. The number of nitrogens with zero attached hydrogens (tertiary/aromatic N) is 3. The first-order valence-electron chi connectivity index (χ1n) is 8.10. The molecule has 0 saturated heterocycles. The van der Waals surface area contributed by atoms with Crippen LogP contribution in [0.1, 0.15) is 12.5 Å². The molecule has 0 aliphatic heterocycles. The third kappa shape index (κ3) is 3.55. The molecule has 0 spiro atoms. The lowest BCUT2D eigenvalue weighted by Crippen LogP contribution is -2.14. The number of aromatic nitrogens is 3. The van der Waals surface area contributed by atoms with E-state index in [1.54, 1.807) is 50.7 Å². The molecule has 0 aliphatic rings. The van der Waals surface area contributed by atoms with Gasteiger partial charge in [0.2, 0.25) is 0 Å². The van der Waals surface area contributed by atoms with Crippen LogP contribution in [0.5, 0.6) is 5.75 Å². The first kappa shape index (κ1) is 17.9. The van der Waals surface area contributed by atoms with E-state index in [-0.39, 0.29) is 4.90 Å². The molecule has 0 bridgehead atoms. The largest absolute Gasteiger partial charge is 0.497 e. The Morgan fingerprint density at radius 1 is 1.19 bits per heavy atom. The van der Waals surface area contributed by atoms with E-state index >= 15 is 0 Å². The molecule has 2 aromatic carbocycles. The van der Waals surface area contributed by atoms with Crippen molar-refractivity contribution in [2.45, 2.75) is 25.3 Å². The van der Waals surface area contributed by atoms with E-state index in [1.807, 2.05) is 17.6 Å². The van der Waals surface area contributed by atoms with Gasteiger partial charge in [0.05, 0.1) is 12.0 Å². The molecule has 3 rings (SSSR count). The standard InChI is InChI=1S/C18H20N4O3S/c1-4-22-12-19-20-18(22)14-6-5-7-15(11-14)21-26(23,24)17-9-8-16(25-3)10-13(17)2/h5-12,21H,4H2,1-3H3. The van der Waals surface area contributed by atoms with E-state index in [9.17, 15) is 8.42 Å². The zero-order chi connectivity index (χ0) is 18.7. The van der Waals surface area contributed by atoms with Crippen molar-refractivity contribution in [3.63, 3.8) is 0 Å². The topological polar surface area (TPSA) is 86.1 Å². The fourth-order valence-corrected chi connectivity index (χ4v) is 3.97. The van der Waals surface area contributed by atoms with Gasteiger partial charge in [0.1, 0.15) is 12.1 Å². The van der Waals surface area contributed by atoms with E-state index < -0.39 is 10.0 Å². The van der Waals surface area contributed by atoms with Gasteiger partial charge in [-0.2, -0.15) is 0 Å². The van der Waals surface area contributed by atoms with E-state index in [2.05, 4.69) is 14.9 Å². The van der Waals surface area contributed by atoms with Gasteiger partial charge >= 0.3 is 0 Å². The summed E-state index contributed by atoms with van der Waals surface area (Å²) in [5.41, 5.74) is 1.86. The Kier molecular flexibility index (Phi) is 4.94. The highest BCUT2D eigenvalue weighted by Gasteiger charge is 2.18. The fourth-order valence-electron chi connectivity index (χ4n) is 2.69. The zero-order valence-electron chi connectivity index (χ0n) is 14.8. The highest BCUT2D eigenvalue weighted by atomic mass is 32.2. The van der Waals surface area contributed by atoms with E-state index in [0.29, 0.717) is 22.8 Å². The Morgan fingerprint density at radius 2 is 2.00 bits per heavy atom. The molecule has 1 aromatic heterocycles. The molecule has 0 radical (unpaired) electrons. The Hall–Kier alpha value is -2.87. The minimum atomic E-state index is -3.72. The van der Waals surface area contributed by atoms with Crippen molar-refractivity contribution in [3.8, 4) is 17.1 Å². The molecule has 0 saturated carbocycles. The number of benzene rings is 2. The van der Waals surface area contributed by atoms with Gasteiger partial charge in [0.15, 0.2) is 5.82 Å². The van der Waals surface area contributed by atoms with Gasteiger partial charge in [-0.3, -0.25) is 4.72 Å². The molecule has 3 aromatic rings. The highest BCUT2D eigenvalue weighted by molar-refractivity contribution is 7.92. The monoisotopic (exact) mass is 372 g/mol. The van der Waals surface area contributed by atoms with Crippen LogP contribution in [0, 0.1) is 6.92 Å². The maximum atomic E-state index is 12.8. The average molecular weight is 372 g/mol. The van der Waals surface area contributed by atoms with Crippen LogP contribution in [0.3, 0.4) is 0 Å². The number of aryl methyl sites for hydroxylation is 2. The number of anilines is 1. The first-order chi connectivity index (χ1) is 12.4. The van der Waals surface area contributed by atoms with Crippen LogP contribution in [-0.4, -0.2) is 30.3 Å². The third-order valence-electron chi connectivity index (χ3n) is 4.00. The summed E-state index contributed by atoms with van der Waals surface area (Å²) in [6.07, 6.45) is 1.65. The van der Waals surface area contributed by atoms with Crippen molar-refractivity contribution in [1.29, 1.82) is 0 Å². The molecule has 0 fully saturated rings. The van der Waals surface area contributed by atoms with Crippen molar-refractivity contribution in [3.05, 3.63) is 54.4 Å². The second-order valence-electron chi connectivity index (χ2n) is 5.76. The minimum absolute atomic E-state index is 0.209. The molecule has 0 unspecified atom stereocenters. The van der Waals surface area contributed by atoms with E-state index in [0.717, 1.165) is 12.1 Å². The zero-order valence-corrected chi connectivity index (χ0v) is 15.6. The van der Waals surface area contributed by atoms with E-state index in [1.165, 1.54) is 6.07 Å². The molecule has 0 aliphatic carbocycles. The Bertz CT molecular complexity index is 1030. The van der Waals surface area contributed by atoms with Crippen molar-refractivity contribution in [2.24, 2.45) is 0 Å². The Balaban J connectivity index is 1.92. The summed E-state index contributed by atoms with van der Waals surface area (Å²) in [6.45, 7) is 4.45. The van der Waals surface area contributed by atoms with Crippen LogP contribution in [0.2, 0.25) is 0 Å². The average Bonchev–Trinajstić information content (AvgIpc) is 3.10. The molecule has 1 N–H and O–H groups in total. The van der Waals surface area contributed by atoms with Crippen LogP contribution < -0.4 is 9.46 Å². The van der Waals surface area contributed by atoms with Crippen LogP contribution in [0.4, 0.5) is 5.69 Å². The minimum Gasteiger partial charge on any atom is -0.497 e. The highest BCUT2D eigenvalue weighted by Crippen LogP contribution is 2.25. The molecule has 8 heteroatoms. The smallest absolute Gasteiger partial charge is 0.262 e. The molecule has 0 amide bonds. The summed E-state index contributed by atoms with van der Waals surface area (Å²) in [4.78, 5) is 0.209. The summed E-state index contributed by atoms with van der Waals surface area (Å²) in [5.74, 6) is 1.30. The number of hydrogen-bond acceptors (Lipinski definition) is 5. The van der Waals surface area contributed by atoms with Crippen LogP contribution >= 0.6 is 0 Å². The summed E-state index contributed by atoms with van der Waals surface area (Å²) in [5, 5.41) is 8.02. The molecule has 0 atom stereocenters. The third-order valence-corrected chi connectivity index (χ3v) is 5.54. The Labute approximate surface area is 152 Å². The maximum absolute atomic E-state index is 12.8. The number of rotatable bonds is 6. The lowest BCUT2D eigenvalue weighted by Gasteiger charge is -2.12. The molecule has 7 nitrogen and oxygen atoms in total. The summed E-state index contributed by atoms with van der Waals surface area (Å²) in [7, 11) is -2.18. The maximum Gasteiger partial charge on any atom is 0.262 e. The molecule has 136 valence electrons. The number of sulfonamides is 1. The number of ether oxygens (including phenoxy) is 1. The SMILES string of the molecule is CCn1cnnc1-c1cccc(NS(=O)(=O)c2ccc(OC)cc2C)c1. The van der Waals surface area contributed by atoms with Crippen molar-refractivity contribution in [1.82, 2.24) is 14.8 Å². The quantitative estimate of drug-likeness (QED) is 0.719. The van der Waals surface area contributed by atoms with Crippen molar-refractivity contribution in [2.75, 3.05) is 11.8 Å². The molecular weight excluding hydrogens is 352 g/mol. The van der Waals surface area contributed by atoms with Gasteiger partial charge in [-0.15, -0.1) is 10.2 Å². The predicted molar refractivity (Wildman–Crippen MR) is 99.7 cm³/mol. The van der Waals surface area contributed by atoms with Gasteiger partial charge in [-0.1, -0.05) is 12.1 Å². The summed E-state index contributed by atoms with van der Waals surface area (Å²) in [6, 6.07) is 11.9. The lowest BCUT2D eigenvalue weighted by molar-refractivity contribution is 0.414. The predicted octanol–water partition coefficient (Wildman–Crippen LogP) is 3.08. The van der Waals surface area contributed by atoms with Gasteiger partial charge < -0.3 is 9.30 Å². The van der Waals surface area contributed by atoms with Crippen LogP contribution in [-0.2, 0) is 16.6 Å². The van der Waals surface area contributed by atoms with E-state index in [4.69, 9.17) is 4.74 Å². The van der Waals surface area contributed by atoms with Crippen LogP contribution in [0.15, 0.2) is 53.7 Å². The summed E-state index contributed by atoms with van der Waals surface area (Å²) < 4.78 is 35.2. The number of methoxy groups -OCH3 is 1. The van der Waals surface area contributed by atoms with Gasteiger partial charge in [0.25, 0.3) is 10.0 Å². The molecule has 26 heavy (non-hydrogen) atoms.